The van der Waals surface area contributed by atoms with E-state index >= 15 is 0 Å². The van der Waals surface area contributed by atoms with Crippen LogP contribution in [-0.2, 0) is 17.6 Å². The summed E-state index contributed by atoms with van der Waals surface area (Å²) in [6.07, 6.45) is 10.8. The van der Waals surface area contributed by atoms with Crippen molar-refractivity contribution >= 4 is 5.91 Å². The maximum atomic E-state index is 13.9. The van der Waals surface area contributed by atoms with Gasteiger partial charge in [0.2, 0.25) is 5.91 Å². The lowest BCUT2D eigenvalue weighted by Crippen LogP contribution is -2.51. The lowest BCUT2D eigenvalue weighted by molar-refractivity contribution is -0.138. The van der Waals surface area contributed by atoms with E-state index in [1.54, 1.807) is 0 Å². The third-order valence-electron chi connectivity index (χ3n) is 8.01. The molecule has 2 aromatic rings. The van der Waals surface area contributed by atoms with Gasteiger partial charge in [0.05, 0.1) is 0 Å². The fourth-order valence-corrected chi connectivity index (χ4v) is 6.71. The minimum atomic E-state index is -0.260. The molecular weight excluding hydrogens is 356 g/mol. The van der Waals surface area contributed by atoms with Crippen LogP contribution < -0.4 is 0 Å². The van der Waals surface area contributed by atoms with Gasteiger partial charge in [-0.25, -0.2) is 0 Å². The van der Waals surface area contributed by atoms with Crippen molar-refractivity contribution in [3.8, 4) is 12.3 Å². The molecule has 146 valence electrons. The molecule has 0 N–H and O–H groups in total. The summed E-state index contributed by atoms with van der Waals surface area (Å²) in [7, 11) is 0. The minimum Gasteiger partial charge on any atom is -0.337 e. The Morgan fingerprint density at radius 3 is 2.45 bits per heavy atom. The highest BCUT2D eigenvalue weighted by molar-refractivity contribution is 5.90. The molecule has 0 bridgehead atoms. The standard InChI is InChI=1S/C26H26N2O/c1-2-18-8-10-19(11-9-18)24-16-22-17-27(25(29)26(22)12-5-13-28(24)26)23-14-20-6-3-4-7-21(20)15-23/h1,3-4,6-11,22-24H,5,12-17H2/t22-,24-,26-/m0/s1. The highest BCUT2D eigenvalue weighted by atomic mass is 16.2. The number of nitrogens with zero attached hydrogens (tertiary/aromatic N) is 2. The van der Waals surface area contributed by atoms with Crippen molar-refractivity contribution in [3.63, 3.8) is 0 Å². The number of likely N-dealkylation sites (tertiary alicyclic amines) is 1. The summed E-state index contributed by atoms with van der Waals surface area (Å²) in [5.41, 5.74) is 4.83. The van der Waals surface area contributed by atoms with E-state index in [9.17, 15) is 4.79 Å². The first-order chi connectivity index (χ1) is 14.2. The van der Waals surface area contributed by atoms with E-state index in [0.717, 1.165) is 50.8 Å². The Morgan fingerprint density at radius 1 is 1.03 bits per heavy atom. The van der Waals surface area contributed by atoms with Crippen LogP contribution in [-0.4, -0.2) is 40.4 Å². The SMILES string of the molecule is C#Cc1ccc([C@@H]2C[C@H]3CN(C4Cc5ccccc5C4)C(=O)[C@]34CCCN24)cc1. The van der Waals surface area contributed by atoms with Crippen LogP contribution in [0, 0.1) is 18.3 Å². The van der Waals surface area contributed by atoms with E-state index in [0.29, 0.717) is 23.9 Å². The summed E-state index contributed by atoms with van der Waals surface area (Å²) in [5, 5.41) is 0. The zero-order chi connectivity index (χ0) is 19.6. The van der Waals surface area contributed by atoms with Gasteiger partial charge in [0.1, 0.15) is 5.54 Å². The van der Waals surface area contributed by atoms with Crippen LogP contribution >= 0.6 is 0 Å². The molecule has 0 aromatic heterocycles. The summed E-state index contributed by atoms with van der Waals surface area (Å²) >= 11 is 0. The molecule has 1 spiro atoms. The number of hydrogen-bond acceptors (Lipinski definition) is 2. The maximum Gasteiger partial charge on any atom is 0.243 e. The first-order valence-electron chi connectivity index (χ1n) is 10.9. The van der Waals surface area contributed by atoms with Crippen LogP contribution in [0.5, 0.6) is 0 Å². The molecule has 3 aliphatic heterocycles. The molecule has 1 aliphatic carbocycles. The summed E-state index contributed by atoms with van der Waals surface area (Å²) in [4.78, 5) is 18.7. The van der Waals surface area contributed by atoms with Crippen molar-refractivity contribution in [1.82, 2.24) is 9.80 Å². The quantitative estimate of drug-likeness (QED) is 0.742. The summed E-state index contributed by atoms with van der Waals surface area (Å²) in [6, 6.07) is 17.8. The second-order valence-electron chi connectivity index (χ2n) is 9.22. The van der Waals surface area contributed by atoms with Crippen molar-refractivity contribution in [3.05, 3.63) is 70.8 Å². The van der Waals surface area contributed by atoms with Gasteiger partial charge in [-0.3, -0.25) is 9.69 Å². The average Bonchev–Trinajstić information content (AvgIpc) is 3.48. The molecule has 6 rings (SSSR count). The Balaban J connectivity index is 1.28. The van der Waals surface area contributed by atoms with E-state index < -0.39 is 0 Å². The number of amides is 1. The number of terminal acetylenes is 1. The molecule has 4 aliphatic rings. The normalized spacial score (nSPS) is 31.0. The second-order valence-corrected chi connectivity index (χ2v) is 9.22. The number of hydrogen-bond donors (Lipinski definition) is 0. The number of benzene rings is 2. The van der Waals surface area contributed by atoms with Gasteiger partial charge in [-0.2, -0.15) is 0 Å². The highest BCUT2D eigenvalue weighted by Gasteiger charge is 2.65. The smallest absolute Gasteiger partial charge is 0.243 e. The van der Waals surface area contributed by atoms with Gasteiger partial charge < -0.3 is 4.90 Å². The second kappa shape index (κ2) is 6.21. The van der Waals surface area contributed by atoms with Crippen molar-refractivity contribution in [2.45, 2.75) is 49.7 Å². The molecular formula is C26H26N2O. The minimum absolute atomic E-state index is 0.260. The molecule has 2 aromatic carbocycles. The Kier molecular flexibility index (Phi) is 3.71. The molecule has 3 fully saturated rings. The Hall–Kier alpha value is -2.57. The zero-order valence-electron chi connectivity index (χ0n) is 16.7. The summed E-state index contributed by atoms with van der Waals surface area (Å²) < 4.78 is 0. The molecule has 3 heteroatoms. The van der Waals surface area contributed by atoms with E-state index in [2.05, 4.69) is 52.1 Å². The number of rotatable bonds is 2. The number of fused-ring (bicyclic) bond motifs is 1. The zero-order valence-corrected chi connectivity index (χ0v) is 16.7. The van der Waals surface area contributed by atoms with Crippen molar-refractivity contribution in [2.75, 3.05) is 13.1 Å². The topological polar surface area (TPSA) is 23.6 Å². The van der Waals surface area contributed by atoms with E-state index in [-0.39, 0.29) is 5.54 Å². The predicted octanol–water partition coefficient (Wildman–Crippen LogP) is 3.57. The van der Waals surface area contributed by atoms with Crippen LogP contribution in [0.1, 0.15) is 47.6 Å². The van der Waals surface area contributed by atoms with Crippen LogP contribution in [0.2, 0.25) is 0 Å². The van der Waals surface area contributed by atoms with Gasteiger partial charge in [-0.15, -0.1) is 6.42 Å². The molecule has 3 nitrogen and oxygen atoms in total. The van der Waals surface area contributed by atoms with Crippen molar-refractivity contribution < 1.29 is 4.79 Å². The molecule has 0 saturated carbocycles. The van der Waals surface area contributed by atoms with Gasteiger partial charge in [0.15, 0.2) is 0 Å². The van der Waals surface area contributed by atoms with Gasteiger partial charge in [-0.05, 0) is 67.5 Å². The van der Waals surface area contributed by atoms with E-state index in [1.165, 1.54) is 16.7 Å². The van der Waals surface area contributed by atoms with E-state index in [1.807, 2.05) is 12.1 Å². The molecule has 29 heavy (non-hydrogen) atoms. The molecule has 3 saturated heterocycles. The Morgan fingerprint density at radius 2 is 1.76 bits per heavy atom. The monoisotopic (exact) mass is 382 g/mol. The predicted molar refractivity (Wildman–Crippen MR) is 113 cm³/mol. The lowest BCUT2D eigenvalue weighted by atomic mass is 9.85. The fraction of sp³-hybridized carbons (Fsp3) is 0.423. The number of carbonyl (C=O) groups is 1. The highest BCUT2D eigenvalue weighted by Crippen LogP contribution is 2.56. The maximum absolute atomic E-state index is 13.9. The molecule has 3 heterocycles. The third-order valence-corrected chi connectivity index (χ3v) is 8.01. The third kappa shape index (κ3) is 2.33. The van der Waals surface area contributed by atoms with E-state index in [4.69, 9.17) is 6.42 Å². The molecule has 1 amide bonds. The lowest BCUT2D eigenvalue weighted by Gasteiger charge is -2.35. The van der Waals surface area contributed by atoms with Crippen molar-refractivity contribution in [1.29, 1.82) is 0 Å². The fourth-order valence-electron chi connectivity index (χ4n) is 6.71. The van der Waals surface area contributed by atoms with Crippen LogP contribution in [0.3, 0.4) is 0 Å². The number of carbonyl (C=O) groups excluding carboxylic acids is 1. The average molecular weight is 383 g/mol. The van der Waals surface area contributed by atoms with Gasteiger partial charge >= 0.3 is 0 Å². The van der Waals surface area contributed by atoms with Crippen LogP contribution in [0.25, 0.3) is 0 Å². The van der Waals surface area contributed by atoms with Gasteiger partial charge in [-0.1, -0.05) is 42.3 Å². The van der Waals surface area contributed by atoms with Crippen LogP contribution in [0.4, 0.5) is 0 Å². The first-order valence-corrected chi connectivity index (χ1v) is 10.9. The summed E-state index contributed by atoms with van der Waals surface area (Å²) in [5.74, 6) is 3.55. The van der Waals surface area contributed by atoms with Crippen molar-refractivity contribution in [2.24, 2.45) is 5.92 Å². The Labute approximate surface area is 172 Å². The molecule has 3 atom stereocenters. The summed E-state index contributed by atoms with van der Waals surface area (Å²) in [6.45, 7) is 1.95. The largest absolute Gasteiger partial charge is 0.337 e. The molecule has 0 unspecified atom stereocenters. The molecule has 0 radical (unpaired) electrons. The van der Waals surface area contributed by atoms with Crippen LogP contribution in [0.15, 0.2) is 48.5 Å². The van der Waals surface area contributed by atoms with Gasteiger partial charge in [0.25, 0.3) is 0 Å². The van der Waals surface area contributed by atoms with Gasteiger partial charge in [0, 0.05) is 30.1 Å². The Bertz CT molecular complexity index is 995. The first kappa shape index (κ1) is 17.3.